The van der Waals surface area contributed by atoms with E-state index in [0.717, 1.165) is 45.5 Å². The lowest BCUT2D eigenvalue weighted by atomic mass is 9.91. The van der Waals surface area contributed by atoms with Gasteiger partial charge in [0.05, 0.1) is 23.4 Å². The summed E-state index contributed by atoms with van der Waals surface area (Å²) in [6.07, 6.45) is 1.17. The summed E-state index contributed by atoms with van der Waals surface area (Å²) in [5.74, 6) is 1.95. The van der Waals surface area contributed by atoms with Crippen LogP contribution in [0.3, 0.4) is 0 Å². The molecule has 0 unspecified atom stereocenters. The Morgan fingerprint density at radius 3 is 2.47 bits per heavy atom. The Balaban J connectivity index is 1.79. The van der Waals surface area contributed by atoms with Crippen LogP contribution in [0.4, 0.5) is 0 Å². The number of halogens is 1. The Kier molecular flexibility index (Phi) is 6.09. The van der Waals surface area contributed by atoms with Crippen molar-refractivity contribution in [2.75, 3.05) is 19.7 Å². The molecule has 0 aliphatic carbocycles. The van der Waals surface area contributed by atoms with E-state index in [4.69, 9.17) is 9.72 Å². The number of piperidine rings is 1. The predicted molar refractivity (Wildman–Crippen MR) is 125 cm³/mol. The molecule has 1 aliphatic heterocycles. The lowest BCUT2D eigenvalue weighted by Crippen LogP contribution is -2.42. The Bertz CT molecular complexity index is 1050. The maximum Gasteiger partial charge on any atom is 0.254 e. The highest BCUT2D eigenvalue weighted by Gasteiger charge is 2.27. The first kappa shape index (κ1) is 20.9. The first-order chi connectivity index (χ1) is 14.4. The van der Waals surface area contributed by atoms with E-state index < -0.39 is 0 Å². The van der Waals surface area contributed by atoms with Gasteiger partial charge in [-0.3, -0.25) is 4.79 Å². The summed E-state index contributed by atoms with van der Waals surface area (Å²) in [5, 5.41) is 0.884. The third-order valence-electron chi connectivity index (χ3n) is 5.62. The van der Waals surface area contributed by atoms with E-state index in [2.05, 4.69) is 29.8 Å². The fraction of sp³-hybridized carbons (Fsp3) is 0.360. The second-order valence-corrected chi connectivity index (χ2v) is 9.25. The Morgan fingerprint density at radius 2 is 1.80 bits per heavy atom. The highest BCUT2D eigenvalue weighted by molar-refractivity contribution is 9.10. The molecule has 5 heteroatoms. The number of carbonyl (C=O) groups excluding carboxylic acids is 1. The summed E-state index contributed by atoms with van der Waals surface area (Å²) in [5.41, 5.74) is 3.31. The zero-order valence-electron chi connectivity index (χ0n) is 17.7. The molecule has 1 fully saturated rings. The van der Waals surface area contributed by atoms with Gasteiger partial charge in [-0.05, 0) is 73.7 Å². The van der Waals surface area contributed by atoms with Gasteiger partial charge < -0.3 is 9.64 Å². The quantitative estimate of drug-likeness (QED) is 0.460. The molecule has 1 aliphatic rings. The third kappa shape index (κ3) is 4.36. The van der Waals surface area contributed by atoms with Gasteiger partial charge in [-0.1, -0.05) is 29.8 Å². The molecular weight excluding hydrogens is 440 g/mol. The van der Waals surface area contributed by atoms with E-state index in [-0.39, 0.29) is 5.91 Å². The van der Waals surface area contributed by atoms with Crippen LogP contribution in [0.15, 0.2) is 53.0 Å². The normalized spacial score (nSPS) is 19.1. The smallest absolute Gasteiger partial charge is 0.254 e. The molecule has 0 saturated carbocycles. The van der Waals surface area contributed by atoms with Crippen LogP contribution in [0.25, 0.3) is 22.2 Å². The summed E-state index contributed by atoms with van der Waals surface area (Å²) in [7, 11) is 0. The molecule has 156 valence electrons. The van der Waals surface area contributed by atoms with E-state index in [1.807, 2.05) is 60.4 Å². The topological polar surface area (TPSA) is 42.4 Å². The summed E-state index contributed by atoms with van der Waals surface area (Å²) in [6.45, 7) is 8.66. The zero-order chi connectivity index (χ0) is 21.3. The highest BCUT2D eigenvalue weighted by atomic mass is 79.9. The van der Waals surface area contributed by atoms with Crippen LogP contribution in [0.1, 0.15) is 37.6 Å². The van der Waals surface area contributed by atoms with Gasteiger partial charge in [0.15, 0.2) is 0 Å². The molecule has 30 heavy (non-hydrogen) atoms. The molecule has 4 nitrogen and oxygen atoms in total. The molecule has 0 radical (unpaired) electrons. The minimum atomic E-state index is 0.0890. The van der Waals surface area contributed by atoms with Crippen molar-refractivity contribution in [2.45, 2.75) is 27.2 Å². The molecule has 0 N–H and O–H groups in total. The lowest BCUT2D eigenvalue weighted by molar-refractivity contribution is 0.0625. The summed E-state index contributed by atoms with van der Waals surface area (Å²) in [6, 6.07) is 15.8. The maximum absolute atomic E-state index is 13.6. The number of fused-ring (bicyclic) bond motifs is 1. The van der Waals surface area contributed by atoms with Crippen molar-refractivity contribution in [3.05, 3.63) is 58.6 Å². The largest absolute Gasteiger partial charge is 0.494 e. The number of amides is 1. The number of ether oxygens (including phenoxy) is 1. The van der Waals surface area contributed by atoms with Gasteiger partial charge in [-0.15, -0.1) is 0 Å². The molecular formula is C25H27BrN2O2. The van der Waals surface area contributed by atoms with Gasteiger partial charge in [0.25, 0.3) is 5.91 Å². The van der Waals surface area contributed by atoms with Gasteiger partial charge in [0.2, 0.25) is 0 Å². The minimum Gasteiger partial charge on any atom is -0.494 e. The molecule has 1 amide bonds. The van der Waals surface area contributed by atoms with E-state index in [0.29, 0.717) is 24.0 Å². The van der Waals surface area contributed by atoms with Crippen molar-refractivity contribution in [3.8, 4) is 17.0 Å². The van der Waals surface area contributed by atoms with Crippen LogP contribution in [-0.4, -0.2) is 35.5 Å². The molecule has 2 heterocycles. The second-order valence-electron chi connectivity index (χ2n) is 8.33. The molecule has 1 saturated heterocycles. The minimum absolute atomic E-state index is 0.0890. The fourth-order valence-corrected chi connectivity index (χ4v) is 4.77. The average Bonchev–Trinajstić information content (AvgIpc) is 2.72. The standard InChI is InChI=1S/C25H27BrN2O2/c1-4-30-20-8-5-18(6-9-20)24-13-22(21-12-19(26)7-10-23(21)27-24)25(29)28-14-16(2)11-17(3)15-28/h5-10,12-13,16-17H,4,11,14-15H2,1-3H3/t16-,17-/m0/s1. The van der Waals surface area contributed by atoms with E-state index in [1.165, 1.54) is 6.42 Å². The molecule has 0 bridgehead atoms. The second kappa shape index (κ2) is 8.76. The summed E-state index contributed by atoms with van der Waals surface area (Å²) < 4.78 is 6.50. The average molecular weight is 467 g/mol. The van der Waals surface area contributed by atoms with E-state index in [1.54, 1.807) is 0 Å². The number of benzene rings is 2. The van der Waals surface area contributed by atoms with Gasteiger partial charge in [-0.2, -0.15) is 0 Å². The fourth-order valence-electron chi connectivity index (χ4n) is 4.41. The number of carbonyl (C=O) groups is 1. The highest BCUT2D eigenvalue weighted by Crippen LogP contribution is 2.30. The zero-order valence-corrected chi connectivity index (χ0v) is 19.3. The van der Waals surface area contributed by atoms with Gasteiger partial charge in [0.1, 0.15) is 5.75 Å². The Labute approximate surface area is 186 Å². The van der Waals surface area contributed by atoms with E-state index in [9.17, 15) is 4.79 Å². The Morgan fingerprint density at radius 1 is 1.10 bits per heavy atom. The first-order valence-electron chi connectivity index (χ1n) is 10.6. The van der Waals surface area contributed by atoms with Crippen LogP contribution in [-0.2, 0) is 0 Å². The molecule has 2 aromatic carbocycles. The van der Waals surface area contributed by atoms with Crippen molar-refractivity contribution in [1.82, 2.24) is 9.88 Å². The molecule has 1 aromatic heterocycles. The Hall–Kier alpha value is -2.40. The van der Waals surface area contributed by atoms with Crippen LogP contribution in [0.2, 0.25) is 0 Å². The number of hydrogen-bond donors (Lipinski definition) is 0. The number of rotatable bonds is 4. The van der Waals surface area contributed by atoms with E-state index >= 15 is 0 Å². The molecule has 0 spiro atoms. The lowest BCUT2D eigenvalue weighted by Gasteiger charge is -2.35. The van der Waals surface area contributed by atoms with Crippen molar-refractivity contribution < 1.29 is 9.53 Å². The number of hydrogen-bond acceptors (Lipinski definition) is 3. The van der Waals surface area contributed by atoms with Gasteiger partial charge in [0, 0.05) is 28.5 Å². The monoisotopic (exact) mass is 466 g/mol. The van der Waals surface area contributed by atoms with Crippen LogP contribution in [0, 0.1) is 11.8 Å². The third-order valence-corrected chi connectivity index (χ3v) is 6.11. The molecule has 4 rings (SSSR count). The number of aromatic nitrogens is 1. The molecule has 3 aromatic rings. The van der Waals surface area contributed by atoms with Crippen molar-refractivity contribution in [3.63, 3.8) is 0 Å². The summed E-state index contributed by atoms with van der Waals surface area (Å²) >= 11 is 3.55. The number of nitrogens with zero attached hydrogens (tertiary/aromatic N) is 2. The SMILES string of the molecule is CCOc1ccc(-c2cc(C(=O)N3C[C@@H](C)C[C@H](C)C3)c3cc(Br)ccc3n2)cc1. The van der Waals surface area contributed by atoms with Crippen LogP contribution >= 0.6 is 15.9 Å². The first-order valence-corrected chi connectivity index (χ1v) is 11.4. The number of pyridine rings is 1. The predicted octanol–water partition coefficient (Wildman–Crippen LogP) is 6.18. The van der Waals surface area contributed by atoms with Crippen molar-refractivity contribution >= 4 is 32.7 Å². The van der Waals surface area contributed by atoms with Crippen molar-refractivity contribution in [2.24, 2.45) is 11.8 Å². The van der Waals surface area contributed by atoms with Crippen molar-refractivity contribution in [1.29, 1.82) is 0 Å². The number of likely N-dealkylation sites (tertiary alicyclic amines) is 1. The van der Waals surface area contributed by atoms with Gasteiger partial charge >= 0.3 is 0 Å². The summed E-state index contributed by atoms with van der Waals surface area (Å²) in [4.78, 5) is 20.5. The van der Waals surface area contributed by atoms with Gasteiger partial charge in [-0.25, -0.2) is 4.98 Å². The van der Waals surface area contributed by atoms with Crippen LogP contribution in [0.5, 0.6) is 5.75 Å². The maximum atomic E-state index is 13.6. The molecule has 2 atom stereocenters. The van der Waals surface area contributed by atoms with Crippen LogP contribution < -0.4 is 4.74 Å².